The first-order chi connectivity index (χ1) is 8.58. The lowest BCUT2D eigenvalue weighted by atomic mass is 10.3. The van der Waals surface area contributed by atoms with Crippen LogP contribution in [0.25, 0.3) is 0 Å². The van der Waals surface area contributed by atoms with Crippen LogP contribution >= 0.6 is 27.5 Å². The van der Waals surface area contributed by atoms with E-state index in [1.165, 1.54) is 0 Å². The van der Waals surface area contributed by atoms with Crippen LogP contribution in [-0.4, -0.2) is 22.1 Å². The van der Waals surface area contributed by atoms with E-state index in [1.54, 1.807) is 13.2 Å². The molecule has 2 aromatic rings. The number of nitrogens with one attached hydrogen (secondary N) is 1. The van der Waals surface area contributed by atoms with E-state index >= 15 is 0 Å². The highest BCUT2D eigenvalue weighted by Crippen LogP contribution is 2.28. The third-order valence-electron chi connectivity index (χ3n) is 2.03. The van der Waals surface area contributed by atoms with Crippen LogP contribution in [0.1, 0.15) is 0 Å². The second-order valence-electron chi connectivity index (χ2n) is 3.26. The molecule has 0 radical (unpaired) electrons. The highest BCUT2D eigenvalue weighted by atomic mass is 79.9. The summed E-state index contributed by atoms with van der Waals surface area (Å²) in [5, 5.41) is 3.00. The summed E-state index contributed by atoms with van der Waals surface area (Å²) in [4.78, 5) is 11.5. The van der Waals surface area contributed by atoms with Gasteiger partial charge >= 0.3 is 0 Å². The smallest absolute Gasteiger partial charge is 0.233 e. The lowest BCUT2D eigenvalue weighted by Gasteiger charge is -2.08. The van der Waals surface area contributed by atoms with Crippen molar-refractivity contribution in [2.24, 2.45) is 0 Å². The zero-order valence-electron chi connectivity index (χ0n) is 9.32. The van der Waals surface area contributed by atoms with Crippen molar-refractivity contribution in [3.63, 3.8) is 0 Å². The van der Waals surface area contributed by atoms with E-state index in [-0.39, 0.29) is 17.2 Å². The fourth-order valence-electron chi connectivity index (χ4n) is 1.29. The second-order valence-corrected chi connectivity index (χ2v) is 4.45. The molecule has 0 saturated carbocycles. The minimum Gasteiger partial charge on any atom is -0.495 e. The Morgan fingerprint density at radius 1 is 1.33 bits per heavy atom. The number of ether oxygens (including phenoxy) is 1. The van der Waals surface area contributed by atoms with Gasteiger partial charge in [-0.25, -0.2) is 0 Å². The second kappa shape index (κ2) is 5.36. The number of benzene rings is 1. The highest BCUT2D eigenvalue weighted by molar-refractivity contribution is 9.10. The summed E-state index contributed by atoms with van der Waals surface area (Å²) >= 11 is 9.05. The van der Waals surface area contributed by atoms with Crippen LogP contribution in [0.2, 0.25) is 5.28 Å². The number of aromatic nitrogens is 3. The van der Waals surface area contributed by atoms with Crippen molar-refractivity contribution in [2.75, 3.05) is 18.2 Å². The molecular formula is C10H9BrClN5O. The van der Waals surface area contributed by atoms with Gasteiger partial charge in [-0.05, 0) is 39.7 Å². The maximum atomic E-state index is 5.69. The molecule has 0 spiro atoms. The van der Waals surface area contributed by atoms with Crippen LogP contribution < -0.4 is 15.8 Å². The SMILES string of the molecule is COc1cc(Nc2nc(N)nc(Cl)n2)ccc1Br. The van der Waals surface area contributed by atoms with E-state index in [9.17, 15) is 0 Å². The van der Waals surface area contributed by atoms with Crippen LogP contribution in [0.5, 0.6) is 5.75 Å². The molecule has 1 aromatic carbocycles. The Balaban J connectivity index is 2.28. The number of methoxy groups -OCH3 is 1. The average Bonchev–Trinajstić information content (AvgIpc) is 2.30. The van der Waals surface area contributed by atoms with Crippen molar-refractivity contribution in [3.8, 4) is 5.75 Å². The Kier molecular flexibility index (Phi) is 3.83. The zero-order chi connectivity index (χ0) is 13.1. The maximum Gasteiger partial charge on any atom is 0.233 e. The summed E-state index contributed by atoms with van der Waals surface area (Å²) in [7, 11) is 1.58. The van der Waals surface area contributed by atoms with Gasteiger partial charge in [-0.3, -0.25) is 0 Å². The van der Waals surface area contributed by atoms with Gasteiger partial charge in [-0.15, -0.1) is 0 Å². The normalized spacial score (nSPS) is 10.2. The number of nitrogen functional groups attached to an aromatic ring is 1. The lowest BCUT2D eigenvalue weighted by Crippen LogP contribution is -2.03. The summed E-state index contributed by atoms with van der Waals surface area (Å²) in [6.45, 7) is 0. The summed E-state index contributed by atoms with van der Waals surface area (Å²) in [5.41, 5.74) is 6.22. The number of nitrogens with zero attached hydrogens (tertiary/aromatic N) is 3. The molecule has 94 valence electrons. The van der Waals surface area contributed by atoms with E-state index in [1.807, 2.05) is 12.1 Å². The van der Waals surface area contributed by atoms with E-state index in [2.05, 4.69) is 36.2 Å². The van der Waals surface area contributed by atoms with Crippen LogP contribution in [-0.2, 0) is 0 Å². The van der Waals surface area contributed by atoms with Crippen molar-refractivity contribution in [1.29, 1.82) is 0 Å². The third kappa shape index (κ3) is 2.99. The number of anilines is 3. The fourth-order valence-corrected chi connectivity index (χ4v) is 1.86. The zero-order valence-corrected chi connectivity index (χ0v) is 11.7. The van der Waals surface area contributed by atoms with Gasteiger partial charge < -0.3 is 15.8 Å². The number of hydrogen-bond acceptors (Lipinski definition) is 6. The van der Waals surface area contributed by atoms with E-state index in [4.69, 9.17) is 22.1 Å². The molecular weight excluding hydrogens is 322 g/mol. The predicted octanol–water partition coefficient (Wildman–Crippen LogP) is 2.62. The largest absolute Gasteiger partial charge is 0.495 e. The van der Waals surface area contributed by atoms with E-state index in [0.29, 0.717) is 5.75 Å². The Bertz CT molecular complexity index is 560. The fraction of sp³-hybridized carbons (Fsp3) is 0.100. The Hall–Kier alpha value is -1.60. The van der Waals surface area contributed by atoms with E-state index in [0.717, 1.165) is 10.2 Å². The van der Waals surface area contributed by atoms with Crippen molar-refractivity contribution in [2.45, 2.75) is 0 Å². The van der Waals surface area contributed by atoms with Crippen molar-refractivity contribution >= 4 is 45.1 Å². The van der Waals surface area contributed by atoms with Crippen LogP contribution in [0.4, 0.5) is 17.6 Å². The molecule has 0 amide bonds. The first kappa shape index (κ1) is 12.8. The molecule has 0 aliphatic rings. The Labute approximate surface area is 117 Å². The third-order valence-corrected chi connectivity index (χ3v) is 2.86. The lowest BCUT2D eigenvalue weighted by molar-refractivity contribution is 0.412. The van der Waals surface area contributed by atoms with Crippen LogP contribution in [0.3, 0.4) is 0 Å². The average molecular weight is 331 g/mol. The quantitative estimate of drug-likeness (QED) is 0.899. The summed E-state index contributed by atoms with van der Waals surface area (Å²) < 4.78 is 6.03. The summed E-state index contributed by atoms with van der Waals surface area (Å²) in [6, 6.07) is 5.46. The van der Waals surface area contributed by atoms with Gasteiger partial charge in [0.15, 0.2) is 0 Å². The molecule has 0 aliphatic carbocycles. The standard InChI is InChI=1S/C10H9BrClN5O/c1-18-7-4-5(2-3-6(7)11)14-10-16-8(12)15-9(13)17-10/h2-4H,1H3,(H3,13,14,15,16,17). The number of nitrogens with two attached hydrogens (primary N) is 1. The van der Waals surface area contributed by atoms with Crippen molar-refractivity contribution in [3.05, 3.63) is 28.0 Å². The number of halogens is 2. The van der Waals surface area contributed by atoms with E-state index < -0.39 is 0 Å². The van der Waals surface area contributed by atoms with Gasteiger partial charge in [0.05, 0.1) is 11.6 Å². The molecule has 1 heterocycles. The predicted molar refractivity (Wildman–Crippen MR) is 73.2 cm³/mol. The number of hydrogen-bond donors (Lipinski definition) is 2. The molecule has 6 nitrogen and oxygen atoms in total. The van der Waals surface area contributed by atoms with Gasteiger partial charge in [0.25, 0.3) is 0 Å². The summed E-state index contributed by atoms with van der Waals surface area (Å²) in [6.07, 6.45) is 0. The molecule has 2 rings (SSSR count). The first-order valence-electron chi connectivity index (χ1n) is 4.86. The minimum absolute atomic E-state index is 0.0362. The molecule has 0 fully saturated rings. The monoisotopic (exact) mass is 329 g/mol. The minimum atomic E-state index is 0.0362. The first-order valence-corrected chi connectivity index (χ1v) is 6.03. The maximum absolute atomic E-state index is 5.69. The highest BCUT2D eigenvalue weighted by Gasteiger charge is 2.05. The molecule has 3 N–H and O–H groups in total. The molecule has 0 atom stereocenters. The molecule has 0 saturated heterocycles. The molecule has 0 unspecified atom stereocenters. The molecule has 8 heteroatoms. The van der Waals surface area contributed by atoms with Gasteiger partial charge in [0.2, 0.25) is 17.2 Å². The van der Waals surface area contributed by atoms with Gasteiger partial charge in [0.1, 0.15) is 5.75 Å². The summed E-state index contributed by atoms with van der Waals surface area (Å²) in [5.74, 6) is 1.02. The Morgan fingerprint density at radius 2 is 2.11 bits per heavy atom. The van der Waals surface area contributed by atoms with Crippen LogP contribution in [0.15, 0.2) is 22.7 Å². The number of rotatable bonds is 3. The van der Waals surface area contributed by atoms with Gasteiger partial charge in [-0.2, -0.15) is 15.0 Å². The van der Waals surface area contributed by atoms with Crippen LogP contribution in [0, 0.1) is 0 Å². The van der Waals surface area contributed by atoms with Crippen molar-refractivity contribution in [1.82, 2.24) is 15.0 Å². The topological polar surface area (TPSA) is 86.0 Å². The molecule has 0 aliphatic heterocycles. The van der Waals surface area contributed by atoms with Gasteiger partial charge in [0, 0.05) is 11.8 Å². The Morgan fingerprint density at radius 3 is 2.78 bits per heavy atom. The molecule has 0 bridgehead atoms. The van der Waals surface area contributed by atoms with Crippen molar-refractivity contribution < 1.29 is 4.74 Å². The molecule has 1 aromatic heterocycles. The van der Waals surface area contributed by atoms with Gasteiger partial charge in [-0.1, -0.05) is 0 Å². The molecule has 18 heavy (non-hydrogen) atoms.